The van der Waals surface area contributed by atoms with E-state index >= 15 is 0 Å². The fourth-order valence-electron chi connectivity index (χ4n) is 6.61. The molecule has 1 aromatic carbocycles. The van der Waals surface area contributed by atoms with E-state index in [1.165, 1.54) is 0 Å². The van der Waals surface area contributed by atoms with Crippen LogP contribution in [0.15, 0.2) is 12.1 Å². The molecule has 0 aliphatic rings. The molecule has 0 saturated carbocycles. The summed E-state index contributed by atoms with van der Waals surface area (Å²) < 4.78 is 155. The zero-order valence-electron chi connectivity index (χ0n) is 52.6. The Kier molecular flexibility index (Phi) is 63.1. The van der Waals surface area contributed by atoms with Crippen LogP contribution in [0.5, 0.6) is 17.2 Å². The molecule has 0 atom stereocenters. The predicted molar refractivity (Wildman–Crippen MR) is 311 cm³/mol. The number of aldehydes is 1. The Morgan fingerprint density at radius 3 is 0.581 bits per heavy atom. The fourth-order valence-corrected chi connectivity index (χ4v) is 6.61. The van der Waals surface area contributed by atoms with Crippen LogP contribution in [0.1, 0.15) is 10.4 Å². The lowest BCUT2D eigenvalue weighted by atomic mass is 10.2. The predicted octanol–water partition coefficient (Wildman–Crippen LogP) is 1.92. The number of methoxy groups -OCH3 is 6. The van der Waals surface area contributed by atoms with Gasteiger partial charge in [-0.25, -0.2) is 0 Å². The third-order valence-corrected chi connectivity index (χ3v) is 10.9. The molecule has 0 spiro atoms. The largest absolute Gasteiger partial charge is 0.482 e. The molecule has 28 heteroatoms. The standard InChI is InChI=1S/C58H108O28/c1-60-7-13-66-19-25-72-31-37-78-46-53(47-79-38-32-73-26-20-67-14-8-61-2)84-56-43-52(45-59)44-57(85-54(48-80-39-33-74-27-21-68-15-9-62-3)49-81-40-34-75-28-22-69-16-10-63-4)58(56)86-55(50-82-41-35-76-29-23-70-17-11-64-5)51-83-42-36-77-30-24-71-18-12-65-6/h43-45,53-55H,7-42,46-51H2,1-6H3. The van der Waals surface area contributed by atoms with E-state index in [0.717, 1.165) is 0 Å². The Morgan fingerprint density at radius 2 is 0.407 bits per heavy atom. The summed E-state index contributed by atoms with van der Waals surface area (Å²) in [6.07, 6.45) is -1.64. The highest BCUT2D eigenvalue weighted by atomic mass is 16.6. The van der Waals surface area contributed by atoms with Crippen molar-refractivity contribution in [3.63, 3.8) is 0 Å². The van der Waals surface area contributed by atoms with Crippen molar-refractivity contribution < 1.29 is 133 Å². The first-order valence-corrected chi connectivity index (χ1v) is 29.5. The molecule has 0 fully saturated rings. The summed E-state index contributed by atoms with van der Waals surface area (Å²) >= 11 is 0. The van der Waals surface area contributed by atoms with E-state index in [9.17, 15) is 4.79 Å². The highest BCUT2D eigenvalue weighted by molar-refractivity contribution is 5.78. The molecule has 0 unspecified atom stereocenters. The second-order valence-electron chi connectivity index (χ2n) is 17.9. The molecule has 28 nitrogen and oxygen atoms in total. The van der Waals surface area contributed by atoms with Crippen molar-refractivity contribution in [1.29, 1.82) is 0 Å². The van der Waals surface area contributed by atoms with Crippen LogP contribution in [0.4, 0.5) is 0 Å². The molecule has 0 heterocycles. The second-order valence-corrected chi connectivity index (χ2v) is 17.9. The van der Waals surface area contributed by atoms with Gasteiger partial charge in [-0.05, 0) is 12.1 Å². The van der Waals surface area contributed by atoms with Crippen molar-refractivity contribution in [1.82, 2.24) is 0 Å². The molecule has 0 N–H and O–H groups in total. The molecule has 0 saturated heterocycles. The van der Waals surface area contributed by atoms with Gasteiger partial charge in [-0.3, -0.25) is 4.79 Å². The van der Waals surface area contributed by atoms with Crippen LogP contribution in [0, 0.1) is 0 Å². The van der Waals surface area contributed by atoms with Gasteiger partial charge in [-0.1, -0.05) is 0 Å². The summed E-state index contributed by atoms with van der Waals surface area (Å²) in [5.74, 6) is 0.397. The van der Waals surface area contributed by atoms with E-state index in [-0.39, 0.29) is 142 Å². The molecule has 508 valence electrons. The van der Waals surface area contributed by atoms with Gasteiger partial charge >= 0.3 is 0 Å². The maximum Gasteiger partial charge on any atom is 0.204 e. The third-order valence-electron chi connectivity index (χ3n) is 10.9. The average Bonchev–Trinajstić information content (AvgIpc) is 3.39. The molecule has 0 amide bonds. The fraction of sp³-hybridized carbons (Fsp3) is 0.879. The number of hydrogen-bond acceptors (Lipinski definition) is 28. The molecule has 1 rings (SSSR count). The summed E-state index contributed by atoms with van der Waals surface area (Å²) in [5.41, 5.74) is 0.212. The number of carbonyl (C=O) groups excluding carboxylic acids is 1. The molecule has 0 radical (unpaired) electrons. The number of hydrogen-bond donors (Lipinski definition) is 0. The summed E-state index contributed by atoms with van der Waals surface area (Å²) in [4.78, 5) is 12.9. The Morgan fingerprint density at radius 1 is 0.244 bits per heavy atom. The van der Waals surface area contributed by atoms with Crippen LogP contribution in [0.3, 0.4) is 0 Å². The Hall–Kier alpha value is -2.67. The van der Waals surface area contributed by atoms with E-state index < -0.39 is 18.3 Å². The molecule has 86 heavy (non-hydrogen) atoms. The quantitative estimate of drug-likeness (QED) is 0.0666. The van der Waals surface area contributed by atoms with Crippen LogP contribution < -0.4 is 14.2 Å². The van der Waals surface area contributed by atoms with Gasteiger partial charge in [0.1, 0.15) is 24.6 Å². The van der Waals surface area contributed by atoms with Gasteiger partial charge in [-0.15, -0.1) is 0 Å². The summed E-state index contributed by atoms with van der Waals surface area (Å²) in [5, 5.41) is 0. The topological polar surface area (TPSA) is 266 Å². The number of ether oxygens (including phenoxy) is 27. The van der Waals surface area contributed by atoms with E-state index in [1.807, 2.05) is 0 Å². The molecular formula is C58H108O28. The Balaban J connectivity index is 3.63. The van der Waals surface area contributed by atoms with Crippen molar-refractivity contribution in [2.75, 3.05) is 320 Å². The van der Waals surface area contributed by atoms with Gasteiger partial charge < -0.3 is 128 Å². The van der Waals surface area contributed by atoms with Crippen LogP contribution in [-0.2, 0) is 114 Å². The van der Waals surface area contributed by atoms with Crippen LogP contribution in [0.2, 0.25) is 0 Å². The van der Waals surface area contributed by atoms with Gasteiger partial charge in [0.2, 0.25) is 5.75 Å². The first-order chi connectivity index (χ1) is 42.6. The van der Waals surface area contributed by atoms with Crippen LogP contribution in [0.25, 0.3) is 0 Å². The van der Waals surface area contributed by atoms with Crippen LogP contribution in [-0.4, -0.2) is 345 Å². The lowest BCUT2D eigenvalue weighted by Gasteiger charge is -2.27. The van der Waals surface area contributed by atoms with Gasteiger partial charge in [-0.2, -0.15) is 0 Å². The molecule has 1 aromatic rings. The SMILES string of the molecule is COCCOCCOCCOCC(COCCOCCOCCOC)Oc1cc(C=O)cc(OC(COCCOCCOCCOC)COCCOCCOCCOC)c1OC(COCCOCCOCCOC)COCCOCCOCCOC. The number of benzene rings is 1. The summed E-state index contributed by atoms with van der Waals surface area (Å²) in [6, 6.07) is 3.11. The zero-order valence-corrected chi connectivity index (χ0v) is 52.6. The third kappa shape index (κ3) is 53.2. The first kappa shape index (κ1) is 81.3. The van der Waals surface area contributed by atoms with Crippen molar-refractivity contribution in [2.24, 2.45) is 0 Å². The molecule has 0 aliphatic heterocycles. The maximum atomic E-state index is 12.9. The van der Waals surface area contributed by atoms with Crippen molar-refractivity contribution in [3.8, 4) is 17.2 Å². The summed E-state index contributed by atoms with van der Waals surface area (Å²) in [6.45, 7) is 13.6. The number of carbonyl (C=O) groups is 1. The lowest BCUT2D eigenvalue weighted by molar-refractivity contribution is -0.0508. The zero-order chi connectivity index (χ0) is 62.0. The molecular weight excluding hydrogens is 1140 g/mol. The molecule has 0 bridgehead atoms. The minimum absolute atomic E-state index is 0.0329. The lowest BCUT2D eigenvalue weighted by Crippen LogP contribution is -2.33. The van der Waals surface area contributed by atoms with E-state index in [1.54, 1.807) is 54.8 Å². The molecule has 0 aromatic heterocycles. The number of rotatable bonds is 73. The smallest absolute Gasteiger partial charge is 0.204 e. The minimum Gasteiger partial charge on any atom is -0.482 e. The minimum atomic E-state index is -0.786. The summed E-state index contributed by atoms with van der Waals surface area (Å²) in [7, 11) is 9.69. The van der Waals surface area contributed by atoms with E-state index in [2.05, 4.69) is 0 Å². The average molecular weight is 1250 g/mol. The highest BCUT2D eigenvalue weighted by Gasteiger charge is 2.26. The van der Waals surface area contributed by atoms with Gasteiger partial charge in [0.25, 0.3) is 0 Å². The Bertz CT molecular complexity index is 1380. The molecule has 0 aliphatic carbocycles. The van der Waals surface area contributed by atoms with E-state index in [4.69, 9.17) is 128 Å². The monoisotopic (exact) mass is 1250 g/mol. The van der Waals surface area contributed by atoms with Gasteiger partial charge in [0.15, 0.2) is 11.5 Å². The van der Waals surface area contributed by atoms with Crippen LogP contribution >= 0.6 is 0 Å². The second kappa shape index (κ2) is 66.7. The van der Waals surface area contributed by atoms with E-state index in [0.29, 0.717) is 165 Å². The van der Waals surface area contributed by atoms with Gasteiger partial charge in [0, 0.05) is 48.2 Å². The highest BCUT2D eigenvalue weighted by Crippen LogP contribution is 2.41. The first-order valence-electron chi connectivity index (χ1n) is 29.5. The normalized spacial score (nSPS) is 11.8. The maximum absolute atomic E-state index is 12.9. The Labute approximate surface area is 511 Å². The van der Waals surface area contributed by atoms with Gasteiger partial charge in [0.05, 0.1) is 277 Å². The van der Waals surface area contributed by atoms with Crippen molar-refractivity contribution in [3.05, 3.63) is 17.7 Å². The van der Waals surface area contributed by atoms with Crippen molar-refractivity contribution in [2.45, 2.75) is 18.3 Å². The van der Waals surface area contributed by atoms with Crippen molar-refractivity contribution >= 4 is 6.29 Å².